The predicted molar refractivity (Wildman–Crippen MR) is 73.8 cm³/mol. The zero-order valence-corrected chi connectivity index (χ0v) is 11.1. The summed E-state index contributed by atoms with van der Waals surface area (Å²) in [6.45, 7) is 1.66. The maximum atomic E-state index is 10.2. The quantitative estimate of drug-likeness (QED) is 0.730. The van der Waals surface area contributed by atoms with Gasteiger partial charge in [0.25, 0.3) is 0 Å². The van der Waals surface area contributed by atoms with Gasteiger partial charge < -0.3 is 20.1 Å². The van der Waals surface area contributed by atoms with Gasteiger partial charge in [0.05, 0.1) is 7.11 Å². The predicted octanol–water partition coefficient (Wildman–Crippen LogP) is 2.15. The van der Waals surface area contributed by atoms with Crippen LogP contribution in [0.5, 0.6) is 11.5 Å². The van der Waals surface area contributed by atoms with Gasteiger partial charge in [-0.25, -0.2) is 9.59 Å². The average Bonchev–Trinajstić information content (AvgIpc) is 2.38. The second kappa shape index (κ2) is 9.21. The van der Waals surface area contributed by atoms with Gasteiger partial charge in [-0.1, -0.05) is 12.1 Å². The van der Waals surface area contributed by atoms with E-state index in [1.165, 1.54) is 25.3 Å². The van der Waals surface area contributed by atoms with Crippen molar-refractivity contribution in [3.8, 4) is 11.5 Å². The number of carboxylic acids is 2. The van der Waals surface area contributed by atoms with Crippen molar-refractivity contribution in [1.82, 2.24) is 0 Å². The number of carbonyl (C=O) groups is 2. The van der Waals surface area contributed by atoms with Crippen molar-refractivity contribution in [2.75, 3.05) is 7.11 Å². The Morgan fingerprint density at radius 3 is 2.15 bits per heavy atom. The number of benzene rings is 1. The number of carboxylic acid groups (broad SMARTS) is 2. The number of phenolic OH excluding ortho intramolecular Hbond substituents is 1. The minimum Gasteiger partial charge on any atom is -0.504 e. The van der Waals surface area contributed by atoms with Gasteiger partial charge in [0.2, 0.25) is 0 Å². The van der Waals surface area contributed by atoms with E-state index in [-0.39, 0.29) is 5.75 Å². The maximum absolute atomic E-state index is 10.2. The molecule has 0 fully saturated rings. The second-order valence-electron chi connectivity index (χ2n) is 3.44. The fourth-order valence-corrected chi connectivity index (χ4v) is 1.11. The summed E-state index contributed by atoms with van der Waals surface area (Å²) in [5, 5.41) is 25.5. The highest BCUT2D eigenvalue weighted by molar-refractivity contribution is 5.85. The molecule has 0 atom stereocenters. The number of hydrogen-bond donors (Lipinski definition) is 3. The molecule has 0 saturated carbocycles. The van der Waals surface area contributed by atoms with Crippen molar-refractivity contribution < 1.29 is 29.6 Å². The molecule has 3 N–H and O–H groups in total. The lowest BCUT2D eigenvalue weighted by Crippen LogP contribution is -1.87. The topological polar surface area (TPSA) is 104 Å². The fourth-order valence-electron chi connectivity index (χ4n) is 1.11. The van der Waals surface area contributed by atoms with Crippen LogP contribution in [-0.2, 0) is 9.59 Å². The van der Waals surface area contributed by atoms with Crippen molar-refractivity contribution in [2.45, 2.75) is 6.92 Å². The summed E-state index contributed by atoms with van der Waals surface area (Å²) < 4.78 is 4.86. The smallest absolute Gasteiger partial charge is 0.328 e. The lowest BCUT2D eigenvalue weighted by atomic mass is 10.2. The number of aromatic hydroxyl groups is 1. The maximum Gasteiger partial charge on any atom is 0.328 e. The highest BCUT2D eigenvalue weighted by Gasteiger charge is 2.00. The Kier molecular flexibility index (Phi) is 7.94. The Balaban J connectivity index is 0.000000511. The number of hydrogen-bond acceptors (Lipinski definition) is 4. The van der Waals surface area contributed by atoms with Crippen LogP contribution in [0.3, 0.4) is 0 Å². The van der Waals surface area contributed by atoms with E-state index in [1.807, 2.05) is 0 Å². The van der Waals surface area contributed by atoms with Crippen molar-refractivity contribution in [3.05, 3.63) is 42.0 Å². The Hall–Kier alpha value is -2.76. The molecule has 0 unspecified atom stereocenters. The SMILES string of the molecule is CC=CC(=O)O.COc1cc(C=CC(=O)O)ccc1O. The third kappa shape index (κ3) is 7.54. The van der Waals surface area contributed by atoms with Gasteiger partial charge in [-0.2, -0.15) is 0 Å². The molecular weight excluding hydrogens is 264 g/mol. The molecule has 0 aliphatic carbocycles. The number of methoxy groups -OCH3 is 1. The van der Waals surface area contributed by atoms with E-state index in [2.05, 4.69) is 0 Å². The van der Waals surface area contributed by atoms with Crippen molar-refractivity contribution in [1.29, 1.82) is 0 Å². The summed E-state index contributed by atoms with van der Waals surface area (Å²) in [4.78, 5) is 19.7. The molecule has 0 bridgehead atoms. The number of rotatable bonds is 4. The van der Waals surface area contributed by atoms with Crippen LogP contribution in [0.1, 0.15) is 12.5 Å². The molecule has 0 saturated heterocycles. The summed E-state index contributed by atoms with van der Waals surface area (Å²) in [5.74, 6) is -1.56. The molecule has 0 aliphatic rings. The first-order valence-electron chi connectivity index (χ1n) is 5.54. The van der Waals surface area contributed by atoms with Crippen LogP contribution in [0, 0.1) is 0 Å². The number of ether oxygens (including phenoxy) is 1. The van der Waals surface area contributed by atoms with Gasteiger partial charge in [0, 0.05) is 12.2 Å². The zero-order chi connectivity index (χ0) is 15.5. The van der Waals surface area contributed by atoms with E-state index in [9.17, 15) is 14.7 Å². The van der Waals surface area contributed by atoms with E-state index in [1.54, 1.807) is 19.1 Å². The summed E-state index contributed by atoms with van der Waals surface area (Å²) in [6, 6.07) is 4.59. The van der Waals surface area contributed by atoms with Crippen LogP contribution in [0.4, 0.5) is 0 Å². The molecule has 0 spiro atoms. The molecule has 1 aromatic rings. The van der Waals surface area contributed by atoms with Gasteiger partial charge in [-0.15, -0.1) is 0 Å². The molecule has 108 valence electrons. The molecule has 0 amide bonds. The van der Waals surface area contributed by atoms with Crippen LogP contribution < -0.4 is 4.74 Å². The van der Waals surface area contributed by atoms with E-state index >= 15 is 0 Å². The van der Waals surface area contributed by atoms with Gasteiger partial charge in [-0.3, -0.25) is 0 Å². The fraction of sp³-hybridized carbons (Fsp3) is 0.143. The largest absolute Gasteiger partial charge is 0.504 e. The average molecular weight is 280 g/mol. The molecular formula is C14H16O6. The van der Waals surface area contributed by atoms with E-state index < -0.39 is 11.9 Å². The molecule has 0 aliphatic heterocycles. The third-order valence-electron chi connectivity index (χ3n) is 1.93. The Labute approximate surface area is 116 Å². The minimum atomic E-state index is -1.02. The van der Waals surface area contributed by atoms with Crippen molar-refractivity contribution >= 4 is 18.0 Å². The summed E-state index contributed by atoms with van der Waals surface area (Å²) in [7, 11) is 1.43. The van der Waals surface area contributed by atoms with Gasteiger partial charge in [0.1, 0.15) is 0 Å². The lowest BCUT2D eigenvalue weighted by molar-refractivity contribution is -0.132. The standard InChI is InChI=1S/C10H10O4.C4H6O2/c1-14-9-6-7(2-4-8(9)11)3-5-10(12)13;1-2-3-4(5)6/h2-6,11H,1H3,(H,12,13);2-3H,1H3,(H,5,6). The first-order valence-corrected chi connectivity index (χ1v) is 5.54. The van der Waals surface area contributed by atoms with Gasteiger partial charge in [-0.05, 0) is 30.7 Å². The molecule has 0 radical (unpaired) electrons. The molecule has 0 aromatic heterocycles. The summed E-state index contributed by atoms with van der Waals surface area (Å²) >= 11 is 0. The third-order valence-corrected chi connectivity index (χ3v) is 1.93. The Bertz CT molecular complexity index is 516. The molecule has 1 rings (SSSR count). The van der Waals surface area contributed by atoms with Crippen LogP contribution >= 0.6 is 0 Å². The molecule has 20 heavy (non-hydrogen) atoms. The minimum absolute atomic E-state index is 0.0278. The highest BCUT2D eigenvalue weighted by atomic mass is 16.5. The number of phenols is 1. The zero-order valence-electron chi connectivity index (χ0n) is 11.1. The molecule has 6 nitrogen and oxygen atoms in total. The number of aliphatic carboxylic acids is 2. The molecule has 0 heterocycles. The van der Waals surface area contributed by atoms with Crippen LogP contribution in [-0.4, -0.2) is 34.4 Å². The Morgan fingerprint density at radius 1 is 1.15 bits per heavy atom. The van der Waals surface area contributed by atoms with Crippen molar-refractivity contribution in [2.24, 2.45) is 0 Å². The van der Waals surface area contributed by atoms with E-state index in [4.69, 9.17) is 14.9 Å². The number of allylic oxidation sites excluding steroid dienone is 1. The molecule has 1 aromatic carbocycles. The van der Waals surface area contributed by atoms with Crippen LogP contribution in [0.15, 0.2) is 36.4 Å². The first kappa shape index (κ1) is 17.2. The normalized spacial score (nSPS) is 10.1. The molecule has 6 heteroatoms. The first-order chi connectivity index (χ1) is 9.40. The lowest BCUT2D eigenvalue weighted by Gasteiger charge is -2.03. The van der Waals surface area contributed by atoms with Crippen molar-refractivity contribution in [3.63, 3.8) is 0 Å². The highest BCUT2D eigenvalue weighted by Crippen LogP contribution is 2.26. The van der Waals surface area contributed by atoms with E-state index in [0.717, 1.165) is 12.2 Å². The second-order valence-corrected chi connectivity index (χ2v) is 3.44. The van der Waals surface area contributed by atoms with Crippen LogP contribution in [0.2, 0.25) is 0 Å². The summed E-state index contributed by atoms with van der Waals surface area (Å²) in [5.41, 5.74) is 0.655. The van der Waals surface area contributed by atoms with Crippen LogP contribution in [0.25, 0.3) is 6.08 Å². The Morgan fingerprint density at radius 2 is 1.75 bits per heavy atom. The summed E-state index contributed by atoms with van der Waals surface area (Å²) in [6.07, 6.45) is 5.00. The van der Waals surface area contributed by atoms with Gasteiger partial charge >= 0.3 is 11.9 Å². The monoisotopic (exact) mass is 280 g/mol. The van der Waals surface area contributed by atoms with E-state index in [0.29, 0.717) is 11.3 Å². The van der Waals surface area contributed by atoms with Gasteiger partial charge in [0.15, 0.2) is 11.5 Å².